The fraction of sp³-hybridized carbons (Fsp3) is 0.125. The van der Waals surface area contributed by atoms with Gasteiger partial charge in [0, 0.05) is 5.56 Å². The molecule has 0 atom stereocenters. The van der Waals surface area contributed by atoms with E-state index in [0.29, 0.717) is 22.4 Å². The third-order valence-electron chi connectivity index (χ3n) is 4.83. The number of carbonyl (C=O) groups excluding carboxylic acids is 1. The molecule has 0 radical (unpaired) electrons. The lowest BCUT2D eigenvalue weighted by molar-refractivity contribution is -0.137. The fourth-order valence-electron chi connectivity index (χ4n) is 3.32. The molecule has 0 aliphatic rings. The Labute approximate surface area is 197 Å². The highest BCUT2D eigenvalue weighted by molar-refractivity contribution is 7.99. The third kappa shape index (κ3) is 5.07. The first kappa shape index (κ1) is 23.4. The number of ether oxygens (including phenoxy) is 1. The molecule has 174 valence electrons. The van der Waals surface area contributed by atoms with Gasteiger partial charge in [0.05, 0.1) is 29.8 Å². The van der Waals surface area contributed by atoms with Crippen molar-refractivity contribution in [1.82, 2.24) is 14.8 Å². The number of amides is 1. The monoisotopic (exact) mass is 484 g/mol. The Morgan fingerprint density at radius 2 is 1.65 bits per heavy atom. The molecule has 0 aliphatic heterocycles. The molecule has 0 fully saturated rings. The maximum atomic E-state index is 13.2. The topological polar surface area (TPSA) is 69.0 Å². The highest BCUT2D eigenvalue weighted by Crippen LogP contribution is 2.35. The van der Waals surface area contributed by atoms with Crippen LogP contribution in [-0.4, -0.2) is 33.5 Å². The van der Waals surface area contributed by atoms with Crippen molar-refractivity contribution in [2.45, 2.75) is 11.3 Å². The molecule has 10 heteroatoms. The minimum Gasteiger partial charge on any atom is -0.495 e. The number of methoxy groups -OCH3 is 1. The summed E-state index contributed by atoms with van der Waals surface area (Å²) in [6.07, 6.45) is -4.58. The lowest BCUT2D eigenvalue weighted by Gasteiger charge is -2.15. The maximum Gasteiger partial charge on any atom is 0.418 e. The van der Waals surface area contributed by atoms with E-state index in [2.05, 4.69) is 15.5 Å². The van der Waals surface area contributed by atoms with E-state index in [0.717, 1.165) is 23.4 Å². The Morgan fingerprint density at radius 1 is 0.971 bits per heavy atom. The Hall–Kier alpha value is -3.79. The third-order valence-corrected chi connectivity index (χ3v) is 5.76. The molecule has 0 spiro atoms. The summed E-state index contributed by atoms with van der Waals surface area (Å²) in [7, 11) is 1.55. The Bertz CT molecular complexity index is 1290. The second-order valence-corrected chi connectivity index (χ2v) is 8.00. The number of hydrogen-bond donors (Lipinski definition) is 1. The number of halogens is 3. The van der Waals surface area contributed by atoms with E-state index in [1.807, 2.05) is 48.5 Å². The lowest BCUT2D eigenvalue weighted by atomic mass is 10.1. The fourth-order valence-corrected chi connectivity index (χ4v) is 4.07. The number of para-hydroxylation sites is 3. The van der Waals surface area contributed by atoms with Crippen LogP contribution in [-0.2, 0) is 11.0 Å². The van der Waals surface area contributed by atoms with Crippen LogP contribution in [0.15, 0.2) is 84.0 Å². The number of thioether (sulfide) groups is 1. The van der Waals surface area contributed by atoms with Gasteiger partial charge >= 0.3 is 6.18 Å². The minimum absolute atomic E-state index is 0.172. The van der Waals surface area contributed by atoms with Crippen LogP contribution in [0.1, 0.15) is 5.56 Å². The van der Waals surface area contributed by atoms with Crippen LogP contribution in [0.2, 0.25) is 0 Å². The zero-order chi connectivity index (χ0) is 24.1. The average molecular weight is 485 g/mol. The summed E-state index contributed by atoms with van der Waals surface area (Å²) in [5.41, 5.74) is 0.268. The average Bonchev–Trinajstić information content (AvgIpc) is 3.26. The molecule has 3 aromatic carbocycles. The van der Waals surface area contributed by atoms with Gasteiger partial charge in [-0.2, -0.15) is 13.2 Å². The summed E-state index contributed by atoms with van der Waals surface area (Å²) < 4.78 is 47.0. The predicted molar refractivity (Wildman–Crippen MR) is 124 cm³/mol. The zero-order valence-electron chi connectivity index (χ0n) is 17.9. The molecular weight excluding hydrogens is 465 g/mol. The number of nitrogens with zero attached hydrogens (tertiary/aromatic N) is 3. The van der Waals surface area contributed by atoms with Crippen LogP contribution in [0.4, 0.5) is 18.9 Å². The van der Waals surface area contributed by atoms with Crippen molar-refractivity contribution in [3.63, 3.8) is 0 Å². The maximum absolute atomic E-state index is 13.2. The van der Waals surface area contributed by atoms with E-state index in [1.54, 1.807) is 17.7 Å². The first-order valence-corrected chi connectivity index (χ1v) is 11.1. The van der Waals surface area contributed by atoms with Crippen molar-refractivity contribution in [2.24, 2.45) is 0 Å². The number of alkyl halides is 3. The number of aromatic nitrogens is 3. The number of anilines is 1. The van der Waals surface area contributed by atoms with Gasteiger partial charge in [0.2, 0.25) is 5.91 Å². The number of benzene rings is 3. The molecule has 1 aromatic heterocycles. The number of nitrogens with one attached hydrogen (secondary N) is 1. The molecule has 0 saturated heterocycles. The van der Waals surface area contributed by atoms with Gasteiger partial charge in [-0.1, -0.05) is 66.4 Å². The Morgan fingerprint density at radius 3 is 2.38 bits per heavy atom. The van der Waals surface area contributed by atoms with E-state index in [9.17, 15) is 18.0 Å². The SMILES string of the molecule is COc1ccccc1-n1c(SCC(=O)Nc2ccccc2C(F)(F)F)nnc1-c1ccccc1. The molecule has 4 rings (SSSR count). The molecule has 0 bridgehead atoms. The van der Waals surface area contributed by atoms with E-state index < -0.39 is 17.6 Å². The van der Waals surface area contributed by atoms with Crippen LogP contribution in [0, 0.1) is 0 Å². The summed E-state index contributed by atoms with van der Waals surface area (Å²) in [6, 6.07) is 21.5. The van der Waals surface area contributed by atoms with Gasteiger partial charge in [0.1, 0.15) is 5.75 Å². The van der Waals surface area contributed by atoms with E-state index in [-0.39, 0.29) is 11.4 Å². The molecule has 0 aliphatic carbocycles. The molecule has 34 heavy (non-hydrogen) atoms. The molecule has 1 heterocycles. The summed E-state index contributed by atoms with van der Waals surface area (Å²) >= 11 is 1.06. The van der Waals surface area contributed by atoms with Crippen molar-refractivity contribution in [2.75, 3.05) is 18.2 Å². The normalized spacial score (nSPS) is 11.3. The second-order valence-electron chi connectivity index (χ2n) is 7.06. The summed E-state index contributed by atoms with van der Waals surface area (Å²) in [5.74, 6) is 0.340. The number of carbonyl (C=O) groups is 1. The number of rotatable bonds is 7. The van der Waals surface area contributed by atoms with Gasteiger partial charge in [-0.15, -0.1) is 10.2 Å². The Balaban J connectivity index is 1.62. The van der Waals surface area contributed by atoms with Gasteiger partial charge in [-0.3, -0.25) is 9.36 Å². The molecule has 1 N–H and O–H groups in total. The highest BCUT2D eigenvalue weighted by atomic mass is 32.2. The lowest BCUT2D eigenvalue weighted by Crippen LogP contribution is -2.18. The zero-order valence-corrected chi connectivity index (χ0v) is 18.7. The first-order chi connectivity index (χ1) is 16.4. The van der Waals surface area contributed by atoms with Gasteiger partial charge in [0.15, 0.2) is 11.0 Å². The van der Waals surface area contributed by atoms with Gasteiger partial charge < -0.3 is 10.1 Å². The molecule has 6 nitrogen and oxygen atoms in total. The van der Waals surface area contributed by atoms with Gasteiger partial charge in [0.25, 0.3) is 0 Å². The predicted octanol–water partition coefficient (Wildman–Crippen LogP) is 5.69. The van der Waals surface area contributed by atoms with Crippen molar-refractivity contribution in [3.8, 4) is 22.8 Å². The minimum atomic E-state index is -4.58. The van der Waals surface area contributed by atoms with E-state index in [1.165, 1.54) is 18.2 Å². The van der Waals surface area contributed by atoms with E-state index in [4.69, 9.17) is 4.74 Å². The van der Waals surface area contributed by atoms with Gasteiger partial charge in [-0.25, -0.2) is 0 Å². The molecule has 0 unspecified atom stereocenters. The van der Waals surface area contributed by atoms with Crippen molar-refractivity contribution < 1.29 is 22.7 Å². The van der Waals surface area contributed by atoms with Crippen LogP contribution < -0.4 is 10.1 Å². The Kier molecular flexibility index (Phi) is 6.87. The first-order valence-electron chi connectivity index (χ1n) is 10.1. The van der Waals surface area contributed by atoms with E-state index >= 15 is 0 Å². The molecule has 0 saturated carbocycles. The van der Waals surface area contributed by atoms with Crippen LogP contribution in [0.3, 0.4) is 0 Å². The van der Waals surface area contributed by atoms with Crippen molar-refractivity contribution in [3.05, 3.63) is 84.4 Å². The quantitative estimate of drug-likeness (QED) is 0.341. The smallest absolute Gasteiger partial charge is 0.418 e. The van der Waals surface area contributed by atoms with Crippen LogP contribution >= 0.6 is 11.8 Å². The van der Waals surface area contributed by atoms with Crippen LogP contribution in [0.5, 0.6) is 5.75 Å². The van der Waals surface area contributed by atoms with Gasteiger partial charge in [-0.05, 0) is 24.3 Å². The molecule has 1 amide bonds. The largest absolute Gasteiger partial charge is 0.495 e. The summed E-state index contributed by atoms with van der Waals surface area (Å²) in [4.78, 5) is 12.5. The summed E-state index contributed by atoms with van der Waals surface area (Å²) in [6.45, 7) is 0. The van der Waals surface area contributed by atoms with Crippen molar-refractivity contribution >= 4 is 23.4 Å². The second kappa shape index (κ2) is 10.0. The molecule has 4 aromatic rings. The van der Waals surface area contributed by atoms with Crippen molar-refractivity contribution in [1.29, 1.82) is 0 Å². The standard InChI is InChI=1S/C24H19F3N4O2S/c1-33-20-14-8-7-13-19(20)31-22(16-9-3-2-4-10-16)29-30-23(31)34-15-21(32)28-18-12-6-5-11-17(18)24(25,26)27/h2-14H,15H2,1H3,(H,28,32). The molecular formula is C24H19F3N4O2S. The van der Waals surface area contributed by atoms with Crippen LogP contribution in [0.25, 0.3) is 17.1 Å². The highest BCUT2D eigenvalue weighted by Gasteiger charge is 2.33. The number of hydrogen-bond acceptors (Lipinski definition) is 5. The summed E-state index contributed by atoms with van der Waals surface area (Å²) in [5, 5.41) is 11.3.